The molecule has 1 N–H and O–H groups in total. The van der Waals surface area contributed by atoms with Gasteiger partial charge in [0, 0.05) is 11.4 Å². The van der Waals surface area contributed by atoms with Crippen LogP contribution < -0.4 is 5.32 Å². The van der Waals surface area contributed by atoms with Gasteiger partial charge in [-0.25, -0.2) is 9.97 Å². The van der Waals surface area contributed by atoms with Gasteiger partial charge < -0.3 is 9.73 Å². The van der Waals surface area contributed by atoms with E-state index >= 15 is 0 Å². The van der Waals surface area contributed by atoms with Crippen LogP contribution in [0.2, 0.25) is 0 Å². The second kappa shape index (κ2) is 7.07. The number of thiophene rings is 1. The molecule has 0 radical (unpaired) electrons. The first-order chi connectivity index (χ1) is 12.3. The minimum atomic E-state index is 0.630. The van der Waals surface area contributed by atoms with E-state index in [1.807, 2.05) is 12.1 Å². The Kier molecular flexibility index (Phi) is 4.48. The smallest absolute Gasteiger partial charge is 0.199 e. The Bertz CT molecular complexity index is 961. The zero-order valence-electron chi connectivity index (χ0n) is 14.0. The van der Waals surface area contributed by atoms with Crippen LogP contribution in [-0.4, -0.2) is 16.5 Å². The second-order valence-corrected chi connectivity index (χ2v) is 7.20. The maximum Gasteiger partial charge on any atom is 0.199 e. The zero-order valence-corrected chi connectivity index (χ0v) is 14.8. The van der Waals surface area contributed by atoms with Crippen LogP contribution in [0.15, 0.2) is 59.2 Å². The van der Waals surface area contributed by atoms with Crippen molar-refractivity contribution in [2.24, 2.45) is 0 Å². The average molecular weight is 349 g/mol. The van der Waals surface area contributed by atoms with E-state index in [1.54, 1.807) is 17.6 Å². The Labute approximate surface area is 150 Å². The minimum Gasteiger partial charge on any atom is -0.461 e. The van der Waals surface area contributed by atoms with Crippen LogP contribution in [0.4, 0.5) is 5.82 Å². The fraction of sp³-hybridized carbons (Fsp3) is 0.200. The monoisotopic (exact) mass is 349 g/mol. The summed E-state index contributed by atoms with van der Waals surface area (Å²) in [5, 5.41) is 4.57. The third-order valence-electron chi connectivity index (χ3n) is 4.04. The first kappa shape index (κ1) is 15.8. The summed E-state index contributed by atoms with van der Waals surface area (Å²) < 4.78 is 5.47. The minimum absolute atomic E-state index is 0.630. The molecular formula is C20H19N3OS. The molecule has 4 aromatic rings. The van der Waals surface area contributed by atoms with Crippen LogP contribution in [0, 0.1) is 6.92 Å². The van der Waals surface area contributed by atoms with Gasteiger partial charge in [0.2, 0.25) is 0 Å². The lowest BCUT2D eigenvalue weighted by atomic mass is 10.1. The van der Waals surface area contributed by atoms with Gasteiger partial charge in [0.05, 0.1) is 11.6 Å². The lowest BCUT2D eigenvalue weighted by molar-refractivity contribution is 0.577. The van der Waals surface area contributed by atoms with E-state index in [2.05, 4.69) is 53.6 Å². The molecule has 0 aliphatic carbocycles. The van der Waals surface area contributed by atoms with Gasteiger partial charge in [0.15, 0.2) is 11.6 Å². The SMILES string of the molecule is Cc1cc2c(NCCCc3ccccc3)nc(-c3ccco3)nc2s1. The molecule has 126 valence electrons. The van der Waals surface area contributed by atoms with Crippen LogP contribution in [0.25, 0.3) is 21.8 Å². The number of benzene rings is 1. The number of anilines is 1. The van der Waals surface area contributed by atoms with Crippen molar-refractivity contribution in [2.45, 2.75) is 19.8 Å². The molecule has 1 aromatic carbocycles. The van der Waals surface area contributed by atoms with E-state index in [1.165, 1.54) is 10.4 Å². The molecule has 4 nitrogen and oxygen atoms in total. The highest BCUT2D eigenvalue weighted by Crippen LogP contribution is 2.31. The van der Waals surface area contributed by atoms with E-state index in [0.29, 0.717) is 11.6 Å². The van der Waals surface area contributed by atoms with E-state index < -0.39 is 0 Å². The molecule has 0 saturated carbocycles. The van der Waals surface area contributed by atoms with Crippen molar-refractivity contribution in [3.63, 3.8) is 0 Å². The van der Waals surface area contributed by atoms with Crippen LogP contribution >= 0.6 is 11.3 Å². The highest BCUT2D eigenvalue weighted by molar-refractivity contribution is 7.18. The van der Waals surface area contributed by atoms with Crippen molar-refractivity contribution >= 4 is 27.4 Å². The quantitative estimate of drug-likeness (QED) is 0.480. The number of aromatic nitrogens is 2. The van der Waals surface area contributed by atoms with Gasteiger partial charge in [0.25, 0.3) is 0 Å². The van der Waals surface area contributed by atoms with Gasteiger partial charge in [-0.2, -0.15) is 0 Å². The van der Waals surface area contributed by atoms with E-state index in [4.69, 9.17) is 9.40 Å². The maximum absolute atomic E-state index is 5.47. The fourth-order valence-electron chi connectivity index (χ4n) is 2.84. The summed E-state index contributed by atoms with van der Waals surface area (Å²) in [5.41, 5.74) is 1.36. The zero-order chi connectivity index (χ0) is 17.1. The molecule has 0 bridgehead atoms. The van der Waals surface area contributed by atoms with Crippen LogP contribution in [0.1, 0.15) is 16.9 Å². The lowest BCUT2D eigenvalue weighted by Gasteiger charge is -2.08. The number of nitrogens with one attached hydrogen (secondary N) is 1. The predicted molar refractivity (Wildman–Crippen MR) is 103 cm³/mol. The molecule has 0 atom stereocenters. The number of fused-ring (bicyclic) bond motifs is 1. The standard InChI is InChI=1S/C20H19N3OS/c1-14-13-16-18(21-11-5-9-15-7-3-2-4-8-15)22-19(23-20(16)25-14)17-10-6-12-24-17/h2-4,6-8,10,12-13H,5,9,11H2,1H3,(H,21,22,23). The molecule has 3 heterocycles. The molecule has 0 unspecified atom stereocenters. The Balaban J connectivity index is 1.53. The molecule has 0 saturated heterocycles. The fourth-order valence-corrected chi connectivity index (χ4v) is 3.72. The van der Waals surface area contributed by atoms with Gasteiger partial charge in [-0.1, -0.05) is 30.3 Å². The van der Waals surface area contributed by atoms with Gasteiger partial charge in [-0.3, -0.25) is 0 Å². The number of furan rings is 1. The van der Waals surface area contributed by atoms with Crippen molar-refractivity contribution in [1.29, 1.82) is 0 Å². The predicted octanol–water partition coefficient (Wildman–Crippen LogP) is 5.30. The molecule has 0 aliphatic heterocycles. The van der Waals surface area contributed by atoms with Crippen molar-refractivity contribution in [1.82, 2.24) is 9.97 Å². The van der Waals surface area contributed by atoms with Crippen LogP contribution in [0.3, 0.4) is 0 Å². The molecule has 0 amide bonds. The summed E-state index contributed by atoms with van der Waals surface area (Å²) >= 11 is 1.68. The van der Waals surface area contributed by atoms with Crippen molar-refractivity contribution < 1.29 is 4.42 Å². The summed E-state index contributed by atoms with van der Waals surface area (Å²) in [5.74, 6) is 2.21. The molecule has 0 fully saturated rings. The summed E-state index contributed by atoms with van der Waals surface area (Å²) in [6.07, 6.45) is 3.75. The number of nitrogens with zero attached hydrogens (tertiary/aromatic N) is 2. The number of hydrogen-bond acceptors (Lipinski definition) is 5. The van der Waals surface area contributed by atoms with Gasteiger partial charge in [-0.15, -0.1) is 11.3 Å². The lowest BCUT2D eigenvalue weighted by Crippen LogP contribution is -2.06. The van der Waals surface area contributed by atoms with Gasteiger partial charge in [0.1, 0.15) is 10.6 Å². The number of aryl methyl sites for hydroxylation is 2. The van der Waals surface area contributed by atoms with Crippen molar-refractivity contribution in [3.8, 4) is 11.6 Å². The topological polar surface area (TPSA) is 51.0 Å². The maximum atomic E-state index is 5.47. The number of rotatable bonds is 6. The second-order valence-electron chi connectivity index (χ2n) is 5.96. The third-order valence-corrected chi connectivity index (χ3v) is 4.98. The molecule has 3 aromatic heterocycles. The normalized spacial score (nSPS) is 11.1. The summed E-state index contributed by atoms with van der Waals surface area (Å²) in [4.78, 5) is 11.6. The largest absolute Gasteiger partial charge is 0.461 e. The van der Waals surface area contributed by atoms with Crippen molar-refractivity contribution in [2.75, 3.05) is 11.9 Å². The van der Waals surface area contributed by atoms with E-state index in [0.717, 1.165) is 35.4 Å². The summed E-state index contributed by atoms with van der Waals surface area (Å²) in [6.45, 7) is 2.96. The molecule has 25 heavy (non-hydrogen) atoms. The molecule has 4 rings (SSSR count). The highest BCUT2D eigenvalue weighted by atomic mass is 32.1. The molecular weight excluding hydrogens is 330 g/mol. The Hall–Kier alpha value is -2.66. The first-order valence-corrected chi connectivity index (χ1v) is 9.21. The molecule has 0 spiro atoms. The Morgan fingerprint density at radius 1 is 1.08 bits per heavy atom. The number of hydrogen-bond donors (Lipinski definition) is 1. The van der Waals surface area contributed by atoms with Gasteiger partial charge in [-0.05, 0) is 43.5 Å². The van der Waals surface area contributed by atoms with Gasteiger partial charge >= 0.3 is 0 Å². The first-order valence-electron chi connectivity index (χ1n) is 8.39. The highest BCUT2D eigenvalue weighted by Gasteiger charge is 2.13. The third kappa shape index (κ3) is 3.56. The molecule has 0 aliphatic rings. The van der Waals surface area contributed by atoms with E-state index in [9.17, 15) is 0 Å². The van der Waals surface area contributed by atoms with E-state index in [-0.39, 0.29) is 0 Å². The average Bonchev–Trinajstić information content (AvgIpc) is 3.28. The summed E-state index contributed by atoms with van der Waals surface area (Å²) in [7, 11) is 0. The Morgan fingerprint density at radius 3 is 2.76 bits per heavy atom. The summed E-state index contributed by atoms with van der Waals surface area (Å²) in [6, 6.07) is 16.4. The Morgan fingerprint density at radius 2 is 1.96 bits per heavy atom. The molecule has 5 heteroatoms. The van der Waals surface area contributed by atoms with Crippen LogP contribution in [0.5, 0.6) is 0 Å². The van der Waals surface area contributed by atoms with Crippen LogP contribution in [-0.2, 0) is 6.42 Å². The van der Waals surface area contributed by atoms with Crippen molar-refractivity contribution in [3.05, 3.63) is 65.2 Å².